The lowest BCUT2D eigenvalue weighted by Gasteiger charge is -2.19. The van der Waals surface area contributed by atoms with Crippen LogP contribution in [-0.4, -0.2) is 4.98 Å². The molecule has 0 radical (unpaired) electrons. The van der Waals surface area contributed by atoms with E-state index in [0.29, 0.717) is 0 Å². The van der Waals surface area contributed by atoms with E-state index in [-0.39, 0.29) is 5.92 Å². The minimum Gasteiger partial charge on any atom is -0.358 e. The van der Waals surface area contributed by atoms with Crippen LogP contribution in [0.15, 0.2) is 78.2 Å². The van der Waals surface area contributed by atoms with Crippen LogP contribution in [0.2, 0.25) is 0 Å². The summed E-state index contributed by atoms with van der Waals surface area (Å²) in [4.78, 5) is 5.11. The first-order valence-corrected chi connectivity index (χ1v) is 11.5. The zero-order chi connectivity index (χ0) is 20.2. The lowest BCUT2D eigenvalue weighted by atomic mass is 9.84. The first-order chi connectivity index (χ1) is 14.8. The fraction of sp³-hybridized carbons (Fsp3) is 0.143. The first-order valence-electron chi connectivity index (χ1n) is 10.6. The summed E-state index contributed by atoms with van der Waals surface area (Å²) >= 11 is 1.85. The highest BCUT2D eigenvalue weighted by molar-refractivity contribution is 7.13. The molecular weight excluding hydrogens is 382 g/mol. The summed E-state index contributed by atoms with van der Waals surface area (Å²) in [6.07, 6.45) is 0.998. The fourth-order valence-electron chi connectivity index (χ4n) is 5.24. The van der Waals surface area contributed by atoms with Crippen molar-refractivity contribution < 1.29 is 0 Å². The summed E-state index contributed by atoms with van der Waals surface area (Å²) < 4.78 is 0. The van der Waals surface area contributed by atoms with E-state index in [1.165, 1.54) is 60.4 Å². The molecule has 2 aromatic heterocycles. The molecule has 0 aliphatic heterocycles. The highest BCUT2D eigenvalue weighted by Crippen LogP contribution is 2.54. The van der Waals surface area contributed by atoms with E-state index in [4.69, 9.17) is 0 Å². The minimum atomic E-state index is 0.250. The van der Waals surface area contributed by atoms with Gasteiger partial charge in [-0.2, -0.15) is 0 Å². The molecule has 30 heavy (non-hydrogen) atoms. The maximum atomic E-state index is 3.72. The Morgan fingerprint density at radius 3 is 2.40 bits per heavy atom. The number of benzene rings is 3. The molecule has 146 valence electrons. The van der Waals surface area contributed by atoms with Crippen LogP contribution in [-0.2, 0) is 6.42 Å². The SMILES string of the molecule is CCc1[nH]c2ccccc2c1C1c2ccccc2-c2cccc(-c3sccc3C)c21. The van der Waals surface area contributed by atoms with Crippen molar-refractivity contribution in [2.45, 2.75) is 26.2 Å². The largest absolute Gasteiger partial charge is 0.358 e. The van der Waals surface area contributed by atoms with Gasteiger partial charge in [-0.15, -0.1) is 11.3 Å². The molecule has 0 bridgehead atoms. The predicted molar refractivity (Wildman–Crippen MR) is 129 cm³/mol. The van der Waals surface area contributed by atoms with Gasteiger partial charge in [0, 0.05) is 27.4 Å². The lowest BCUT2D eigenvalue weighted by molar-refractivity contribution is 0.959. The van der Waals surface area contributed by atoms with E-state index >= 15 is 0 Å². The summed E-state index contributed by atoms with van der Waals surface area (Å²) in [5.74, 6) is 0.250. The molecule has 1 unspecified atom stereocenters. The molecule has 0 fully saturated rings. The number of aryl methyl sites for hydroxylation is 2. The van der Waals surface area contributed by atoms with Crippen LogP contribution in [0.4, 0.5) is 0 Å². The number of hydrogen-bond donors (Lipinski definition) is 1. The summed E-state index contributed by atoms with van der Waals surface area (Å²) in [6, 6.07) is 26.8. The molecule has 5 aromatic rings. The third-order valence-corrected chi connectivity index (χ3v) is 7.58. The molecule has 2 heterocycles. The molecule has 0 amide bonds. The quantitative estimate of drug-likeness (QED) is 0.308. The molecular formula is C28H23NS. The monoisotopic (exact) mass is 405 g/mol. The van der Waals surface area contributed by atoms with Gasteiger partial charge in [0.2, 0.25) is 0 Å². The second kappa shape index (κ2) is 6.72. The van der Waals surface area contributed by atoms with E-state index in [0.717, 1.165) is 6.42 Å². The Morgan fingerprint density at radius 1 is 0.800 bits per heavy atom. The van der Waals surface area contributed by atoms with E-state index in [2.05, 4.69) is 97.0 Å². The minimum absolute atomic E-state index is 0.250. The number of aromatic nitrogens is 1. The standard InChI is InChI=1S/C28H23NS/c1-3-23-26(21-11-6-7-14-24(21)29-23)27-20-10-5-4-9-18(20)19-12-8-13-22(25(19)27)28-17(2)15-16-30-28/h4-16,27,29H,3H2,1-2H3. The van der Waals surface area contributed by atoms with Gasteiger partial charge in [-0.1, -0.05) is 67.6 Å². The molecule has 0 spiro atoms. The van der Waals surface area contributed by atoms with Crippen LogP contribution in [0.3, 0.4) is 0 Å². The van der Waals surface area contributed by atoms with Crippen LogP contribution in [0.1, 0.15) is 40.8 Å². The van der Waals surface area contributed by atoms with Crippen LogP contribution in [0.25, 0.3) is 32.5 Å². The number of H-pyrrole nitrogens is 1. The topological polar surface area (TPSA) is 15.8 Å². The maximum absolute atomic E-state index is 3.72. The van der Waals surface area contributed by atoms with Crippen molar-refractivity contribution in [3.63, 3.8) is 0 Å². The Morgan fingerprint density at radius 2 is 1.57 bits per heavy atom. The molecule has 0 saturated heterocycles. The van der Waals surface area contributed by atoms with Gasteiger partial charge in [-0.25, -0.2) is 0 Å². The van der Waals surface area contributed by atoms with E-state index in [1.54, 1.807) is 0 Å². The van der Waals surface area contributed by atoms with Gasteiger partial charge in [-0.3, -0.25) is 0 Å². The second-order valence-corrected chi connectivity index (χ2v) is 9.05. The van der Waals surface area contributed by atoms with Gasteiger partial charge in [0.05, 0.1) is 0 Å². The van der Waals surface area contributed by atoms with E-state index in [1.807, 2.05) is 11.3 Å². The van der Waals surface area contributed by atoms with Crippen molar-refractivity contribution in [3.05, 3.63) is 106 Å². The van der Waals surface area contributed by atoms with Gasteiger partial charge < -0.3 is 4.98 Å². The molecule has 2 heteroatoms. The van der Waals surface area contributed by atoms with Gasteiger partial charge in [-0.05, 0) is 69.8 Å². The van der Waals surface area contributed by atoms with Gasteiger partial charge in [0.25, 0.3) is 0 Å². The average molecular weight is 406 g/mol. The molecule has 0 saturated carbocycles. The third kappa shape index (κ3) is 2.41. The Hall–Kier alpha value is -3.10. The molecule has 1 aliphatic carbocycles. The van der Waals surface area contributed by atoms with E-state index < -0.39 is 0 Å². The number of fused-ring (bicyclic) bond motifs is 4. The van der Waals surface area contributed by atoms with Crippen LogP contribution >= 0.6 is 11.3 Å². The number of para-hydroxylation sites is 1. The highest BCUT2D eigenvalue weighted by Gasteiger charge is 2.35. The number of thiophene rings is 1. The second-order valence-electron chi connectivity index (χ2n) is 8.14. The first kappa shape index (κ1) is 17.7. The molecule has 1 nitrogen and oxygen atoms in total. The van der Waals surface area contributed by atoms with Crippen molar-refractivity contribution in [3.8, 4) is 21.6 Å². The summed E-state index contributed by atoms with van der Waals surface area (Å²) in [6.45, 7) is 4.48. The summed E-state index contributed by atoms with van der Waals surface area (Å²) in [7, 11) is 0. The number of rotatable bonds is 3. The lowest BCUT2D eigenvalue weighted by Crippen LogP contribution is -2.03. The highest BCUT2D eigenvalue weighted by atomic mass is 32.1. The fourth-order valence-corrected chi connectivity index (χ4v) is 6.20. The van der Waals surface area contributed by atoms with E-state index in [9.17, 15) is 0 Å². The molecule has 3 aromatic carbocycles. The zero-order valence-corrected chi connectivity index (χ0v) is 18.0. The van der Waals surface area contributed by atoms with Crippen LogP contribution in [0.5, 0.6) is 0 Å². The zero-order valence-electron chi connectivity index (χ0n) is 17.2. The van der Waals surface area contributed by atoms with Crippen molar-refractivity contribution in [2.24, 2.45) is 0 Å². The molecule has 1 atom stereocenters. The average Bonchev–Trinajstić information content (AvgIpc) is 3.46. The smallest absolute Gasteiger partial charge is 0.0459 e. The Bertz CT molecular complexity index is 1400. The normalized spacial score (nSPS) is 14.8. The predicted octanol–water partition coefficient (Wildman–Crippen LogP) is 7.93. The van der Waals surface area contributed by atoms with Crippen molar-refractivity contribution in [2.75, 3.05) is 0 Å². The summed E-state index contributed by atoms with van der Waals surface area (Å²) in [5.41, 5.74) is 12.4. The van der Waals surface area contributed by atoms with Crippen molar-refractivity contribution >= 4 is 22.2 Å². The van der Waals surface area contributed by atoms with Crippen molar-refractivity contribution in [1.29, 1.82) is 0 Å². The van der Waals surface area contributed by atoms with Gasteiger partial charge >= 0.3 is 0 Å². The maximum Gasteiger partial charge on any atom is 0.0459 e. The Balaban J connectivity index is 1.73. The molecule has 6 rings (SSSR count). The number of hydrogen-bond acceptors (Lipinski definition) is 1. The third-order valence-electron chi connectivity index (χ3n) is 6.53. The van der Waals surface area contributed by atoms with Crippen LogP contribution < -0.4 is 0 Å². The molecule has 1 N–H and O–H groups in total. The van der Waals surface area contributed by atoms with Crippen molar-refractivity contribution in [1.82, 2.24) is 4.98 Å². The Labute approximate surface area is 181 Å². The van der Waals surface area contributed by atoms with Gasteiger partial charge in [0.1, 0.15) is 0 Å². The number of nitrogens with one attached hydrogen (secondary N) is 1. The summed E-state index contributed by atoms with van der Waals surface area (Å²) in [5, 5.41) is 3.56. The van der Waals surface area contributed by atoms with Crippen LogP contribution in [0, 0.1) is 6.92 Å². The molecule has 1 aliphatic rings. The number of aromatic amines is 1. The van der Waals surface area contributed by atoms with Gasteiger partial charge in [0.15, 0.2) is 0 Å². The Kier molecular flexibility index (Phi) is 3.97.